The SMILES string of the molecule is CC[P+](C)(C)CC.[I-]. The normalized spacial score (nSPS) is 10.5. The van der Waals surface area contributed by atoms with Crippen LogP contribution in [0.15, 0.2) is 0 Å². The van der Waals surface area contributed by atoms with Crippen LogP contribution in [0.25, 0.3) is 0 Å². The lowest BCUT2D eigenvalue weighted by atomic mass is 11.0. The van der Waals surface area contributed by atoms with Gasteiger partial charge in [0.05, 0.1) is 12.3 Å². The smallest absolute Gasteiger partial charge is 0.0560 e. The highest BCUT2D eigenvalue weighted by Crippen LogP contribution is 2.49. The maximum absolute atomic E-state index is 2.41. The van der Waals surface area contributed by atoms with Gasteiger partial charge in [-0.3, -0.25) is 0 Å². The average molecular weight is 246 g/mol. The Morgan fingerprint density at radius 2 is 1.25 bits per heavy atom. The van der Waals surface area contributed by atoms with Crippen molar-refractivity contribution < 1.29 is 24.0 Å². The minimum Gasteiger partial charge on any atom is -1.00 e. The molecule has 0 aliphatic carbocycles. The van der Waals surface area contributed by atoms with E-state index in [-0.39, 0.29) is 24.0 Å². The lowest BCUT2D eigenvalue weighted by Gasteiger charge is -2.11. The molecule has 0 amide bonds. The van der Waals surface area contributed by atoms with Crippen molar-refractivity contribution in [3.63, 3.8) is 0 Å². The summed E-state index contributed by atoms with van der Waals surface area (Å²) in [6, 6.07) is 0. The lowest BCUT2D eigenvalue weighted by molar-refractivity contribution is -0.00000184. The molecule has 0 aromatic heterocycles. The van der Waals surface area contributed by atoms with Crippen molar-refractivity contribution in [2.45, 2.75) is 13.8 Å². The second-order valence-electron chi connectivity index (χ2n) is 2.57. The van der Waals surface area contributed by atoms with Gasteiger partial charge in [0, 0.05) is 20.6 Å². The van der Waals surface area contributed by atoms with Crippen molar-refractivity contribution in [3.8, 4) is 0 Å². The zero-order chi connectivity index (χ0) is 5.91. The van der Waals surface area contributed by atoms with Gasteiger partial charge in [-0.2, -0.15) is 0 Å². The highest BCUT2D eigenvalue weighted by atomic mass is 127. The number of halogens is 1. The molecule has 0 heterocycles. The van der Waals surface area contributed by atoms with Crippen LogP contribution >= 0.6 is 7.26 Å². The molecule has 0 bridgehead atoms. The molecule has 0 N–H and O–H groups in total. The summed E-state index contributed by atoms with van der Waals surface area (Å²) in [4.78, 5) is 0. The Hall–Kier alpha value is 1.16. The fourth-order valence-corrected chi connectivity index (χ4v) is 0.671. The van der Waals surface area contributed by atoms with Gasteiger partial charge in [-0.05, 0) is 13.8 Å². The van der Waals surface area contributed by atoms with E-state index in [4.69, 9.17) is 0 Å². The second kappa shape index (κ2) is 4.99. The molecule has 0 spiro atoms. The third kappa shape index (κ3) is 5.30. The Bertz CT molecular complexity index is 46.5. The Labute approximate surface area is 70.8 Å². The Balaban J connectivity index is 0. The molecule has 52 valence electrons. The molecule has 0 saturated carbocycles. The molecule has 0 atom stereocenters. The molecule has 0 fully saturated rings. The highest BCUT2D eigenvalue weighted by Gasteiger charge is 2.17. The Morgan fingerprint density at radius 3 is 1.25 bits per heavy atom. The minimum atomic E-state index is -0.404. The van der Waals surface area contributed by atoms with Crippen LogP contribution in [0.2, 0.25) is 0 Å². The zero-order valence-corrected chi connectivity index (χ0v) is 9.29. The van der Waals surface area contributed by atoms with E-state index in [0.29, 0.717) is 0 Å². The largest absolute Gasteiger partial charge is 1.00 e. The van der Waals surface area contributed by atoms with Crippen molar-refractivity contribution in [2.24, 2.45) is 0 Å². The number of rotatable bonds is 2. The molecular formula is C6H16IP. The van der Waals surface area contributed by atoms with Crippen LogP contribution in [0.1, 0.15) is 13.8 Å². The summed E-state index contributed by atoms with van der Waals surface area (Å²) in [6.45, 7) is 9.40. The number of hydrogen-bond acceptors (Lipinski definition) is 0. The molecule has 2 heteroatoms. The fraction of sp³-hybridized carbons (Fsp3) is 1.00. The van der Waals surface area contributed by atoms with Gasteiger partial charge in [0.2, 0.25) is 0 Å². The van der Waals surface area contributed by atoms with E-state index in [1.54, 1.807) is 0 Å². The molecule has 0 nitrogen and oxygen atoms in total. The summed E-state index contributed by atoms with van der Waals surface area (Å²) >= 11 is 0. The first-order chi connectivity index (χ1) is 3.12. The molecule has 0 saturated heterocycles. The van der Waals surface area contributed by atoms with Gasteiger partial charge in [-0.1, -0.05) is 0 Å². The van der Waals surface area contributed by atoms with Crippen molar-refractivity contribution in [1.82, 2.24) is 0 Å². The summed E-state index contributed by atoms with van der Waals surface area (Å²) in [5.41, 5.74) is 0. The molecule has 0 aliphatic heterocycles. The third-order valence-electron chi connectivity index (χ3n) is 1.71. The van der Waals surface area contributed by atoms with E-state index in [1.807, 2.05) is 0 Å². The standard InChI is InChI=1S/C6H16P.HI/c1-5-7(3,4)6-2;/h5-6H2,1-4H3;1H/q+1;/p-1. The molecule has 0 aromatic carbocycles. The quantitative estimate of drug-likeness (QED) is 0.447. The van der Waals surface area contributed by atoms with Gasteiger partial charge < -0.3 is 24.0 Å². The highest BCUT2D eigenvalue weighted by molar-refractivity contribution is 7.74. The summed E-state index contributed by atoms with van der Waals surface area (Å²) in [5, 5.41) is 0. The maximum Gasteiger partial charge on any atom is 0.0560 e. The van der Waals surface area contributed by atoms with Crippen LogP contribution in [-0.4, -0.2) is 25.7 Å². The van der Waals surface area contributed by atoms with Gasteiger partial charge in [0.25, 0.3) is 0 Å². The third-order valence-corrected chi connectivity index (χ3v) is 5.14. The van der Waals surface area contributed by atoms with E-state index in [1.165, 1.54) is 12.3 Å². The molecule has 0 rings (SSSR count). The maximum atomic E-state index is 2.41. The van der Waals surface area contributed by atoms with Gasteiger partial charge >= 0.3 is 0 Å². The van der Waals surface area contributed by atoms with E-state index in [2.05, 4.69) is 27.2 Å². The second-order valence-corrected chi connectivity index (χ2v) is 7.70. The molecule has 0 aliphatic rings. The topological polar surface area (TPSA) is 0 Å². The molecular weight excluding hydrogens is 230 g/mol. The summed E-state index contributed by atoms with van der Waals surface area (Å²) in [5.74, 6) is 0. The van der Waals surface area contributed by atoms with E-state index >= 15 is 0 Å². The minimum absolute atomic E-state index is 0. The summed E-state index contributed by atoms with van der Waals surface area (Å²) < 4.78 is 0. The predicted molar refractivity (Wildman–Crippen MR) is 39.9 cm³/mol. The van der Waals surface area contributed by atoms with Crippen LogP contribution in [0.4, 0.5) is 0 Å². The summed E-state index contributed by atoms with van der Waals surface area (Å²) in [7, 11) is -0.404. The molecule has 0 unspecified atom stereocenters. The van der Waals surface area contributed by atoms with Crippen LogP contribution in [0, 0.1) is 0 Å². The predicted octanol–water partition coefficient (Wildman–Crippen LogP) is -0.693. The Morgan fingerprint density at radius 1 is 1.00 bits per heavy atom. The van der Waals surface area contributed by atoms with E-state index in [0.717, 1.165) is 0 Å². The zero-order valence-electron chi connectivity index (χ0n) is 6.24. The molecule has 0 radical (unpaired) electrons. The first kappa shape index (κ1) is 11.9. The lowest BCUT2D eigenvalue weighted by Crippen LogP contribution is -3.00. The van der Waals surface area contributed by atoms with Crippen molar-refractivity contribution in [1.29, 1.82) is 0 Å². The fourth-order valence-electron chi connectivity index (χ4n) is 0.224. The van der Waals surface area contributed by atoms with Crippen molar-refractivity contribution in [3.05, 3.63) is 0 Å². The van der Waals surface area contributed by atoms with E-state index < -0.39 is 7.26 Å². The van der Waals surface area contributed by atoms with Crippen molar-refractivity contribution >= 4 is 7.26 Å². The summed E-state index contributed by atoms with van der Waals surface area (Å²) in [6.07, 6.45) is 2.81. The first-order valence-electron chi connectivity index (χ1n) is 2.94. The van der Waals surface area contributed by atoms with Crippen molar-refractivity contribution in [2.75, 3.05) is 25.7 Å². The average Bonchev–Trinajstić information content (AvgIpc) is 1.68. The van der Waals surface area contributed by atoms with E-state index in [9.17, 15) is 0 Å². The van der Waals surface area contributed by atoms with Crippen LogP contribution < -0.4 is 24.0 Å². The Kier molecular flexibility index (Phi) is 7.41. The van der Waals surface area contributed by atoms with Gasteiger partial charge in [0.15, 0.2) is 0 Å². The van der Waals surface area contributed by atoms with Crippen LogP contribution in [0.5, 0.6) is 0 Å². The van der Waals surface area contributed by atoms with Crippen LogP contribution in [0.3, 0.4) is 0 Å². The van der Waals surface area contributed by atoms with Gasteiger partial charge in [0.1, 0.15) is 0 Å². The van der Waals surface area contributed by atoms with Gasteiger partial charge in [-0.15, -0.1) is 0 Å². The van der Waals surface area contributed by atoms with Crippen LogP contribution in [-0.2, 0) is 0 Å². The molecule has 0 aromatic rings. The van der Waals surface area contributed by atoms with Gasteiger partial charge in [-0.25, -0.2) is 0 Å². The first-order valence-corrected chi connectivity index (χ1v) is 5.99. The number of hydrogen-bond donors (Lipinski definition) is 0. The monoisotopic (exact) mass is 246 g/mol. The molecule has 8 heavy (non-hydrogen) atoms.